The zero-order valence-electron chi connectivity index (χ0n) is 11.2. The zero-order valence-corrected chi connectivity index (χ0v) is 11.2. The second kappa shape index (κ2) is 6.50. The molecule has 0 saturated carbocycles. The van der Waals surface area contributed by atoms with Crippen molar-refractivity contribution in [3.05, 3.63) is 59.4 Å². The first-order valence-electron chi connectivity index (χ1n) is 6.22. The summed E-state index contributed by atoms with van der Waals surface area (Å²) in [5, 5.41) is 2.80. The van der Waals surface area contributed by atoms with Gasteiger partial charge in [-0.3, -0.25) is 9.78 Å². The highest BCUT2D eigenvalue weighted by molar-refractivity contribution is 6.02. The largest absolute Gasteiger partial charge is 0.321 e. The van der Waals surface area contributed by atoms with Gasteiger partial charge in [-0.1, -0.05) is 24.0 Å². The van der Waals surface area contributed by atoms with Crippen LogP contribution < -0.4 is 11.1 Å². The second-order valence-electron chi connectivity index (χ2n) is 4.20. The van der Waals surface area contributed by atoms with Crippen LogP contribution in [0.1, 0.15) is 21.6 Å². The number of hydrogen-bond donors (Lipinski definition) is 2. The summed E-state index contributed by atoms with van der Waals surface area (Å²) in [4.78, 5) is 16.0. The van der Waals surface area contributed by atoms with Crippen molar-refractivity contribution >= 4 is 11.6 Å². The van der Waals surface area contributed by atoms with Gasteiger partial charge in [0.25, 0.3) is 5.91 Å². The molecule has 3 N–H and O–H groups in total. The van der Waals surface area contributed by atoms with Crippen LogP contribution in [-0.2, 0) is 0 Å². The highest BCUT2D eigenvalue weighted by Crippen LogP contribution is 2.15. The summed E-state index contributed by atoms with van der Waals surface area (Å²) in [7, 11) is 0. The summed E-state index contributed by atoms with van der Waals surface area (Å²) < 4.78 is 0. The Morgan fingerprint density at radius 2 is 2.20 bits per heavy atom. The van der Waals surface area contributed by atoms with E-state index in [4.69, 9.17) is 5.73 Å². The van der Waals surface area contributed by atoms with Crippen molar-refractivity contribution in [1.82, 2.24) is 4.98 Å². The molecule has 4 heteroatoms. The third kappa shape index (κ3) is 3.44. The van der Waals surface area contributed by atoms with Gasteiger partial charge < -0.3 is 11.1 Å². The Morgan fingerprint density at radius 1 is 1.35 bits per heavy atom. The summed E-state index contributed by atoms with van der Waals surface area (Å²) >= 11 is 0. The molecule has 0 aliphatic heterocycles. The number of anilines is 1. The summed E-state index contributed by atoms with van der Waals surface area (Å²) in [5.74, 6) is 5.55. The van der Waals surface area contributed by atoms with Crippen molar-refractivity contribution in [3.8, 4) is 11.8 Å². The topological polar surface area (TPSA) is 68.0 Å². The average Bonchev–Trinajstić information content (AvgIpc) is 2.48. The van der Waals surface area contributed by atoms with E-state index in [9.17, 15) is 4.79 Å². The third-order valence-corrected chi connectivity index (χ3v) is 2.72. The van der Waals surface area contributed by atoms with Gasteiger partial charge in [0.1, 0.15) is 5.69 Å². The first kappa shape index (κ1) is 13.8. The van der Waals surface area contributed by atoms with E-state index in [-0.39, 0.29) is 5.91 Å². The summed E-state index contributed by atoms with van der Waals surface area (Å²) in [6.45, 7) is 2.27. The molecule has 4 nitrogen and oxygen atoms in total. The van der Waals surface area contributed by atoms with Crippen molar-refractivity contribution < 1.29 is 4.79 Å². The molecule has 1 aromatic heterocycles. The molecule has 0 fully saturated rings. The minimum absolute atomic E-state index is 0.243. The fourth-order valence-electron chi connectivity index (χ4n) is 1.67. The number of nitrogens with two attached hydrogens (primary N) is 1. The Bertz CT molecular complexity index is 669. The molecule has 1 aromatic carbocycles. The average molecular weight is 265 g/mol. The van der Waals surface area contributed by atoms with Crippen LogP contribution in [0.2, 0.25) is 0 Å². The normalized spacial score (nSPS) is 9.50. The first-order chi connectivity index (χ1) is 9.70. The molecule has 0 radical (unpaired) electrons. The Morgan fingerprint density at radius 3 is 2.90 bits per heavy atom. The van der Waals surface area contributed by atoms with E-state index < -0.39 is 0 Å². The number of benzene rings is 1. The standard InChI is InChI=1S/C16H15N3O/c1-12-7-8-14(11-13(12)5-4-9-17)19-16(20)15-6-2-3-10-18-15/h2-3,6-8,10-11H,9,17H2,1H3,(H,19,20). The maximum absolute atomic E-state index is 12.0. The quantitative estimate of drug-likeness (QED) is 0.815. The Hall–Kier alpha value is -2.64. The first-order valence-corrected chi connectivity index (χ1v) is 6.22. The van der Waals surface area contributed by atoms with Gasteiger partial charge in [-0.15, -0.1) is 0 Å². The maximum Gasteiger partial charge on any atom is 0.274 e. The van der Waals surface area contributed by atoms with Crippen LogP contribution >= 0.6 is 0 Å². The molecule has 100 valence electrons. The maximum atomic E-state index is 12.0. The Balaban J connectivity index is 2.20. The lowest BCUT2D eigenvalue weighted by atomic mass is 10.1. The van der Waals surface area contributed by atoms with E-state index in [0.717, 1.165) is 11.1 Å². The van der Waals surface area contributed by atoms with E-state index >= 15 is 0 Å². The molecular weight excluding hydrogens is 250 g/mol. The van der Waals surface area contributed by atoms with Crippen LogP contribution in [-0.4, -0.2) is 17.4 Å². The van der Waals surface area contributed by atoms with Gasteiger partial charge in [-0.05, 0) is 36.8 Å². The number of carbonyl (C=O) groups excluding carboxylic acids is 1. The van der Waals surface area contributed by atoms with Gasteiger partial charge in [0.15, 0.2) is 0 Å². The molecule has 2 rings (SSSR count). The van der Waals surface area contributed by atoms with Crippen LogP contribution in [0.3, 0.4) is 0 Å². The predicted octanol–water partition coefficient (Wildman–Crippen LogP) is 1.95. The predicted molar refractivity (Wildman–Crippen MR) is 79.3 cm³/mol. The monoisotopic (exact) mass is 265 g/mol. The second-order valence-corrected chi connectivity index (χ2v) is 4.20. The molecule has 0 aliphatic rings. The van der Waals surface area contributed by atoms with Gasteiger partial charge in [-0.2, -0.15) is 0 Å². The van der Waals surface area contributed by atoms with E-state index in [1.54, 1.807) is 24.4 Å². The Kier molecular flexibility index (Phi) is 4.48. The third-order valence-electron chi connectivity index (χ3n) is 2.72. The molecule has 2 aromatic rings. The summed E-state index contributed by atoms with van der Waals surface area (Å²) in [5.41, 5.74) is 8.33. The molecule has 0 atom stereocenters. The summed E-state index contributed by atoms with van der Waals surface area (Å²) in [6.07, 6.45) is 1.59. The number of amides is 1. The molecule has 0 unspecified atom stereocenters. The van der Waals surface area contributed by atoms with E-state index in [1.807, 2.05) is 25.1 Å². The molecule has 20 heavy (non-hydrogen) atoms. The molecule has 0 bridgehead atoms. The van der Waals surface area contributed by atoms with Crippen molar-refractivity contribution in [2.24, 2.45) is 5.73 Å². The number of carbonyl (C=O) groups is 1. The van der Waals surface area contributed by atoms with Gasteiger partial charge in [0, 0.05) is 17.4 Å². The van der Waals surface area contributed by atoms with E-state index in [2.05, 4.69) is 22.1 Å². The highest BCUT2D eigenvalue weighted by atomic mass is 16.1. The van der Waals surface area contributed by atoms with Crippen molar-refractivity contribution in [1.29, 1.82) is 0 Å². The van der Waals surface area contributed by atoms with Crippen molar-refractivity contribution in [2.45, 2.75) is 6.92 Å². The fourth-order valence-corrected chi connectivity index (χ4v) is 1.67. The smallest absolute Gasteiger partial charge is 0.274 e. The molecule has 1 amide bonds. The fraction of sp³-hybridized carbons (Fsp3) is 0.125. The zero-order chi connectivity index (χ0) is 14.4. The van der Waals surface area contributed by atoms with Crippen LogP contribution in [0, 0.1) is 18.8 Å². The Labute approximate surface area is 118 Å². The van der Waals surface area contributed by atoms with Crippen LogP contribution in [0.5, 0.6) is 0 Å². The molecule has 0 spiro atoms. The number of aryl methyl sites for hydroxylation is 1. The van der Waals surface area contributed by atoms with Gasteiger partial charge >= 0.3 is 0 Å². The van der Waals surface area contributed by atoms with Crippen LogP contribution in [0.4, 0.5) is 5.69 Å². The van der Waals surface area contributed by atoms with Gasteiger partial charge in [0.05, 0.1) is 6.54 Å². The lowest BCUT2D eigenvalue weighted by molar-refractivity contribution is 0.102. The number of hydrogen-bond acceptors (Lipinski definition) is 3. The molecular formula is C16H15N3O. The lowest BCUT2D eigenvalue weighted by Gasteiger charge is -2.06. The number of nitrogens with zero attached hydrogens (tertiary/aromatic N) is 1. The van der Waals surface area contributed by atoms with E-state index in [0.29, 0.717) is 17.9 Å². The van der Waals surface area contributed by atoms with Crippen LogP contribution in [0.25, 0.3) is 0 Å². The highest BCUT2D eigenvalue weighted by Gasteiger charge is 2.07. The minimum atomic E-state index is -0.243. The van der Waals surface area contributed by atoms with Crippen molar-refractivity contribution in [3.63, 3.8) is 0 Å². The van der Waals surface area contributed by atoms with Crippen LogP contribution in [0.15, 0.2) is 42.6 Å². The molecule has 1 heterocycles. The summed E-state index contributed by atoms with van der Waals surface area (Å²) in [6, 6.07) is 10.8. The number of pyridine rings is 1. The lowest BCUT2D eigenvalue weighted by Crippen LogP contribution is -2.13. The molecule has 0 aliphatic carbocycles. The van der Waals surface area contributed by atoms with E-state index in [1.165, 1.54) is 0 Å². The van der Waals surface area contributed by atoms with Gasteiger partial charge in [0.2, 0.25) is 0 Å². The van der Waals surface area contributed by atoms with Gasteiger partial charge in [-0.25, -0.2) is 0 Å². The SMILES string of the molecule is Cc1ccc(NC(=O)c2ccccn2)cc1C#CCN. The number of nitrogens with one attached hydrogen (secondary N) is 1. The van der Waals surface area contributed by atoms with Crippen molar-refractivity contribution in [2.75, 3.05) is 11.9 Å². The number of rotatable bonds is 2. The number of aromatic nitrogens is 1. The molecule has 0 saturated heterocycles. The minimum Gasteiger partial charge on any atom is -0.321 e.